The summed E-state index contributed by atoms with van der Waals surface area (Å²) in [5.41, 5.74) is 1.64. The zero-order valence-electron chi connectivity index (χ0n) is 24.4. The predicted octanol–water partition coefficient (Wildman–Crippen LogP) is 6.23. The first kappa shape index (κ1) is 33.2. The van der Waals surface area contributed by atoms with Crippen LogP contribution in [-0.4, -0.2) is 50.9 Å². The second-order valence-electron chi connectivity index (χ2n) is 10.0. The topological polar surface area (TPSA) is 96.0 Å². The van der Waals surface area contributed by atoms with Crippen LogP contribution in [0.25, 0.3) is 0 Å². The van der Waals surface area contributed by atoms with Gasteiger partial charge in [0.2, 0.25) is 11.8 Å². The molecule has 0 spiro atoms. The SMILES string of the molecule is CC[C@H](C(=O)N[C@@H](C)CC)N(Cc1cccc(OC)c1)C(=O)CN(c1cc(Cl)ccc1Cl)S(=O)(=O)c1ccc(C)cc1. The number of benzene rings is 3. The summed E-state index contributed by atoms with van der Waals surface area (Å²) in [6.07, 6.45) is 1.02. The summed E-state index contributed by atoms with van der Waals surface area (Å²) in [6.45, 7) is 6.92. The van der Waals surface area contributed by atoms with E-state index in [4.69, 9.17) is 27.9 Å². The van der Waals surface area contributed by atoms with E-state index < -0.39 is 28.5 Å². The van der Waals surface area contributed by atoms with Gasteiger partial charge < -0.3 is 15.0 Å². The van der Waals surface area contributed by atoms with Crippen molar-refractivity contribution < 1.29 is 22.7 Å². The number of nitrogens with one attached hydrogen (secondary N) is 1. The first-order valence-electron chi connectivity index (χ1n) is 13.7. The minimum absolute atomic E-state index is 0.0159. The number of carbonyl (C=O) groups excluding carboxylic acids is 2. The van der Waals surface area contributed by atoms with E-state index in [1.807, 2.05) is 26.8 Å². The Kier molecular flexibility index (Phi) is 11.7. The van der Waals surface area contributed by atoms with Gasteiger partial charge in [-0.2, -0.15) is 0 Å². The van der Waals surface area contributed by atoms with E-state index in [2.05, 4.69) is 5.32 Å². The highest BCUT2D eigenvalue weighted by Gasteiger charge is 2.34. The van der Waals surface area contributed by atoms with Crippen molar-refractivity contribution in [3.63, 3.8) is 0 Å². The maximum Gasteiger partial charge on any atom is 0.264 e. The smallest absolute Gasteiger partial charge is 0.264 e. The summed E-state index contributed by atoms with van der Waals surface area (Å²) < 4.78 is 34.3. The van der Waals surface area contributed by atoms with Crippen LogP contribution in [-0.2, 0) is 26.2 Å². The largest absolute Gasteiger partial charge is 0.497 e. The van der Waals surface area contributed by atoms with Gasteiger partial charge in [-0.1, -0.05) is 66.9 Å². The number of halogens is 2. The van der Waals surface area contributed by atoms with E-state index in [0.29, 0.717) is 24.2 Å². The summed E-state index contributed by atoms with van der Waals surface area (Å²) >= 11 is 12.7. The van der Waals surface area contributed by atoms with Crippen molar-refractivity contribution in [2.75, 3.05) is 18.0 Å². The van der Waals surface area contributed by atoms with Crippen molar-refractivity contribution in [2.45, 2.75) is 64.1 Å². The Bertz CT molecular complexity index is 1500. The average Bonchev–Trinajstić information content (AvgIpc) is 2.97. The van der Waals surface area contributed by atoms with Crippen LogP contribution in [0.4, 0.5) is 5.69 Å². The van der Waals surface area contributed by atoms with Crippen LogP contribution in [0.3, 0.4) is 0 Å². The summed E-state index contributed by atoms with van der Waals surface area (Å²) in [6, 6.07) is 16.9. The quantitative estimate of drug-likeness (QED) is 0.241. The Hall–Kier alpha value is -3.27. The molecule has 0 saturated carbocycles. The molecule has 3 aromatic rings. The fourth-order valence-electron chi connectivity index (χ4n) is 4.36. The number of anilines is 1. The molecule has 226 valence electrons. The minimum atomic E-state index is -4.28. The van der Waals surface area contributed by atoms with Crippen molar-refractivity contribution in [3.8, 4) is 5.75 Å². The monoisotopic (exact) mass is 633 g/mol. The van der Waals surface area contributed by atoms with E-state index in [1.165, 1.54) is 35.2 Å². The van der Waals surface area contributed by atoms with Crippen LogP contribution in [0, 0.1) is 6.92 Å². The number of rotatable bonds is 13. The van der Waals surface area contributed by atoms with Gasteiger partial charge >= 0.3 is 0 Å². The Balaban J connectivity index is 2.11. The predicted molar refractivity (Wildman–Crippen MR) is 168 cm³/mol. The first-order chi connectivity index (χ1) is 19.9. The van der Waals surface area contributed by atoms with E-state index in [0.717, 1.165) is 9.87 Å². The van der Waals surface area contributed by atoms with E-state index in [9.17, 15) is 18.0 Å². The molecule has 0 bridgehead atoms. The van der Waals surface area contributed by atoms with Crippen LogP contribution in [0.15, 0.2) is 71.6 Å². The molecule has 1 N–H and O–H groups in total. The number of hydrogen-bond acceptors (Lipinski definition) is 5. The van der Waals surface area contributed by atoms with Gasteiger partial charge in [-0.25, -0.2) is 8.42 Å². The van der Waals surface area contributed by atoms with E-state index in [1.54, 1.807) is 44.4 Å². The van der Waals surface area contributed by atoms with Crippen molar-refractivity contribution in [3.05, 3.63) is 87.9 Å². The van der Waals surface area contributed by atoms with Crippen LogP contribution < -0.4 is 14.4 Å². The lowest BCUT2D eigenvalue weighted by atomic mass is 10.1. The highest BCUT2D eigenvalue weighted by molar-refractivity contribution is 7.92. The lowest BCUT2D eigenvalue weighted by molar-refractivity contribution is -0.140. The molecule has 0 aromatic heterocycles. The normalized spacial score (nSPS) is 12.7. The third-order valence-electron chi connectivity index (χ3n) is 6.94. The molecule has 0 aliphatic heterocycles. The third kappa shape index (κ3) is 8.18. The third-order valence-corrected chi connectivity index (χ3v) is 9.27. The molecule has 11 heteroatoms. The molecule has 42 heavy (non-hydrogen) atoms. The highest BCUT2D eigenvalue weighted by atomic mass is 35.5. The maximum absolute atomic E-state index is 14.2. The number of nitrogens with zero attached hydrogens (tertiary/aromatic N) is 2. The molecule has 2 atom stereocenters. The second-order valence-corrected chi connectivity index (χ2v) is 12.7. The molecule has 0 unspecified atom stereocenters. The summed E-state index contributed by atoms with van der Waals surface area (Å²) in [4.78, 5) is 29.0. The van der Waals surface area contributed by atoms with Crippen LogP contribution >= 0.6 is 23.2 Å². The number of methoxy groups -OCH3 is 1. The standard InChI is InChI=1S/C31H37Cl2N3O5S/c1-6-22(4)34-31(38)28(7-2)35(19-23-9-8-10-25(17-23)41-5)30(37)20-36(29-18-24(32)13-16-27(29)33)42(39,40)26-14-11-21(3)12-15-26/h8-18,22,28H,6-7,19-20H2,1-5H3,(H,34,38)/t22-,28+/m0/s1. The Morgan fingerprint density at radius 3 is 2.29 bits per heavy atom. The van der Waals surface area contributed by atoms with Crippen LogP contribution in [0.5, 0.6) is 5.75 Å². The van der Waals surface area contributed by atoms with Gasteiger partial charge in [-0.15, -0.1) is 0 Å². The van der Waals surface area contributed by atoms with E-state index >= 15 is 0 Å². The highest BCUT2D eigenvalue weighted by Crippen LogP contribution is 2.33. The number of ether oxygens (including phenoxy) is 1. The molecule has 0 aliphatic rings. The number of hydrogen-bond donors (Lipinski definition) is 1. The molecule has 8 nitrogen and oxygen atoms in total. The maximum atomic E-state index is 14.2. The second kappa shape index (κ2) is 14.8. The molecule has 0 heterocycles. The van der Waals surface area contributed by atoms with Gasteiger partial charge in [0.15, 0.2) is 0 Å². The van der Waals surface area contributed by atoms with Crippen molar-refractivity contribution in [2.24, 2.45) is 0 Å². The summed E-state index contributed by atoms with van der Waals surface area (Å²) in [5, 5.41) is 3.31. The molecule has 3 rings (SSSR count). The molecule has 0 radical (unpaired) electrons. The molecule has 0 aliphatic carbocycles. The fourth-order valence-corrected chi connectivity index (χ4v) is 6.22. The van der Waals surface area contributed by atoms with Crippen molar-refractivity contribution in [1.29, 1.82) is 0 Å². The fraction of sp³-hybridized carbons (Fsp3) is 0.355. The molecular weight excluding hydrogens is 597 g/mol. The van der Waals surface area contributed by atoms with Gasteiger partial charge in [0, 0.05) is 17.6 Å². The van der Waals surface area contributed by atoms with Gasteiger partial charge in [0.1, 0.15) is 18.3 Å². The molecule has 2 amide bonds. The van der Waals surface area contributed by atoms with Gasteiger partial charge in [0.25, 0.3) is 10.0 Å². The lowest BCUT2D eigenvalue weighted by Gasteiger charge is -2.34. The molecular formula is C31H37Cl2N3O5S. The van der Waals surface area contributed by atoms with E-state index in [-0.39, 0.29) is 39.1 Å². The molecule has 0 saturated heterocycles. The molecule has 3 aromatic carbocycles. The number of carbonyl (C=O) groups is 2. The minimum Gasteiger partial charge on any atom is -0.497 e. The molecule has 0 fully saturated rings. The Labute approximate surface area is 258 Å². The van der Waals surface area contributed by atoms with Crippen molar-refractivity contribution in [1.82, 2.24) is 10.2 Å². The Morgan fingerprint density at radius 2 is 1.67 bits per heavy atom. The summed E-state index contributed by atoms with van der Waals surface area (Å²) in [7, 11) is -2.73. The van der Waals surface area contributed by atoms with Crippen LogP contribution in [0.1, 0.15) is 44.7 Å². The number of amides is 2. The zero-order chi connectivity index (χ0) is 31.0. The summed E-state index contributed by atoms with van der Waals surface area (Å²) in [5.74, 6) is -0.321. The van der Waals surface area contributed by atoms with Gasteiger partial charge in [-0.05, 0) is 74.7 Å². The Morgan fingerprint density at radius 1 is 0.976 bits per heavy atom. The zero-order valence-corrected chi connectivity index (χ0v) is 26.8. The lowest BCUT2D eigenvalue weighted by Crippen LogP contribution is -2.53. The number of aryl methyl sites for hydroxylation is 1. The first-order valence-corrected chi connectivity index (χ1v) is 15.9. The van der Waals surface area contributed by atoms with Gasteiger partial charge in [-0.3, -0.25) is 13.9 Å². The van der Waals surface area contributed by atoms with Crippen LogP contribution in [0.2, 0.25) is 10.0 Å². The average molecular weight is 635 g/mol. The van der Waals surface area contributed by atoms with Gasteiger partial charge in [0.05, 0.1) is 22.7 Å². The number of sulfonamides is 1. The van der Waals surface area contributed by atoms with Crippen molar-refractivity contribution >= 4 is 50.7 Å².